The van der Waals surface area contributed by atoms with E-state index in [2.05, 4.69) is 10.6 Å². The molecule has 2 rings (SSSR count). The maximum absolute atomic E-state index is 11.8. The maximum atomic E-state index is 11.8. The highest BCUT2D eigenvalue weighted by atomic mass is 16.5. The van der Waals surface area contributed by atoms with Crippen LogP contribution >= 0.6 is 0 Å². The monoisotopic (exact) mass is 262 g/mol. The number of carbonyl (C=O) groups is 1. The van der Waals surface area contributed by atoms with E-state index in [9.17, 15) is 4.79 Å². The topological polar surface area (TPSA) is 50.4 Å². The Balaban J connectivity index is 1.81. The number of aryl methyl sites for hydroxylation is 2. The summed E-state index contributed by atoms with van der Waals surface area (Å²) >= 11 is 0. The van der Waals surface area contributed by atoms with Gasteiger partial charge in [-0.15, -0.1) is 0 Å². The molecule has 0 aromatic heterocycles. The second-order valence-electron chi connectivity index (χ2n) is 5.15. The summed E-state index contributed by atoms with van der Waals surface area (Å²) < 4.78 is 5.59. The summed E-state index contributed by atoms with van der Waals surface area (Å²) in [6.07, 6.45) is 1.99. The first-order valence-electron chi connectivity index (χ1n) is 6.85. The zero-order valence-corrected chi connectivity index (χ0v) is 11.7. The Bertz CT molecular complexity index is 440. The van der Waals surface area contributed by atoms with Gasteiger partial charge in [0.25, 0.3) is 5.91 Å². The Morgan fingerprint density at radius 3 is 2.84 bits per heavy atom. The number of rotatable bonds is 4. The normalized spacial score (nSPS) is 16.1. The van der Waals surface area contributed by atoms with Crippen molar-refractivity contribution in [2.75, 3.05) is 19.7 Å². The van der Waals surface area contributed by atoms with Crippen LogP contribution in [0.25, 0.3) is 0 Å². The molecule has 0 aliphatic carbocycles. The zero-order valence-electron chi connectivity index (χ0n) is 11.7. The Morgan fingerprint density at radius 1 is 1.37 bits per heavy atom. The number of benzene rings is 1. The number of hydrogen-bond donors (Lipinski definition) is 2. The molecule has 0 unspecified atom stereocenters. The molecule has 1 amide bonds. The van der Waals surface area contributed by atoms with Crippen LogP contribution in [-0.2, 0) is 4.79 Å². The summed E-state index contributed by atoms with van der Waals surface area (Å²) in [5.41, 5.74) is 2.19. The van der Waals surface area contributed by atoms with E-state index in [1.807, 2.05) is 32.0 Å². The van der Waals surface area contributed by atoms with Crippen LogP contribution in [-0.4, -0.2) is 31.6 Å². The van der Waals surface area contributed by atoms with Crippen LogP contribution in [0.1, 0.15) is 24.0 Å². The van der Waals surface area contributed by atoms with Crippen molar-refractivity contribution in [1.82, 2.24) is 10.6 Å². The van der Waals surface area contributed by atoms with Crippen LogP contribution < -0.4 is 15.4 Å². The average Bonchev–Trinajstić information content (AvgIpc) is 2.41. The lowest BCUT2D eigenvalue weighted by atomic mass is 10.1. The lowest BCUT2D eigenvalue weighted by Gasteiger charge is -2.23. The van der Waals surface area contributed by atoms with Crippen molar-refractivity contribution in [1.29, 1.82) is 0 Å². The maximum Gasteiger partial charge on any atom is 0.258 e. The first kappa shape index (κ1) is 13.9. The van der Waals surface area contributed by atoms with Gasteiger partial charge >= 0.3 is 0 Å². The number of ether oxygens (including phenoxy) is 1. The SMILES string of the molecule is Cc1ccc(C)c(OCC(=O)NC2CCNCC2)c1. The molecule has 0 bridgehead atoms. The van der Waals surface area contributed by atoms with Crippen LogP contribution in [0.4, 0.5) is 0 Å². The third-order valence-electron chi connectivity index (χ3n) is 3.41. The molecule has 1 aromatic rings. The minimum absolute atomic E-state index is 0.0344. The second kappa shape index (κ2) is 6.57. The predicted molar refractivity (Wildman–Crippen MR) is 75.4 cm³/mol. The van der Waals surface area contributed by atoms with Gasteiger partial charge in [0.1, 0.15) is 5.75 Å². The van der Waals surface area contributed by atoms with Gasteiger partial charge in [-0.2, -0.15) is 0 Å². The molecule has 104 valence electrons. The molecule has 0 saturated carbocycles. The molecule has 0 spiro atoms. The van der Waals surface area contributed by atoms with Gasteiger partial charge in [-0.3, -0.25) is 4.79 Å². The Kier molecular flexibility index (Phi) is 4.80. The third kappa shape index (κ3) is 4.24. The molecule has 1 fully saturated rings. The largest absolute Gasteiger partial charge is 0.483 e. The quantitative estimate of drug-likeness (QED) is 0.865. The van der Waals surface area contributed by atoms with Gasteiger partial charge in [0, 0.05) is 6.04 Å². The standard InChI is InChI=1S/C15H22N2O2/c1-11-3-4-12(2)14(9-11)19-10-15(18)17-13-5-7-16-8-6-13/h3-4,9,13,16H,5-8,10H2,1-2H3,(H,17,18). The molecule has 1 aliphatic heterocycles. The number of piperidine rings is 1. The minimum Gasteiger partial charge on any atom is -0.483 e. The summed E-state index contributed by atoms with van der Waals surface area (Å²) in [6.45, 7) is 6.04. The lowest BCUT2D eigenvalue weighted by molar-refractivity contribution is -0.124. The molecule has 1 saturated heterocycles. The zero-order chi connectivity index (χ0) is 13.7. The number of nitrogens with one attached hydrogen (secondary N) is 2. The van der Waals surface area contributed by atoms with E-state index in [0.29, 0.717) is 0 Å². The van der Waals surface area contributed by atoms with Crippen molar-refractivity contribution in [3.05, 3.63) is 29.3 Å². The molecular weight excluding hydrogens is 240 g/mol. The van der Waals surface area contributed by atoms with Crippen molar-refractivity contribution in [2.24, 2.45) is 0 Å². The third-order valence-corrected chi connectivity index (χ3v) is 3.41. The van der Waals surface area contributed by atoms with Gasteiger partial charge in [0.05, 0.1) is 0 Å². The fourth-order valence-electron chi connectivity index (χ4n) is 2.24. The highest BCUT2D eigenvalue weighted by Gasteiger charge is 2.15. The summed E-state index contributed by atoms with van der Waals surface area (Å²) in [5, 5.41) is 6.30. The van der Waals surface area contributed by atoms with Crippen LogP contribution in [0.5, 0.6) is 5.75 Å². The summed E-state index contributed by atoms with van der Waals surface area (Å²) in [6, 6.07) is 6.30. The second-order valence-corrected chi connectivity index (χ2v) is 5.15. The van der Waals surface area contributed by atoms with Crippen molar-refractivity contribution in [3.8, 4) is 5.75 Å². The van der Waals surface area contributed by atoms with Gasteiger partial charge in [0.2, 0.25) is 0 Å². The molecule has 4 nitrogen and oxygen atoms in total. The van der Waals surface area contributed by atoms with Crippen LogP contribution in [0.3, 0.4) is 0 Å². The summed E-state index contributed by atoms with van der Waals surface area (Å²) in [7, 11) is 0. The molecule has 2 N–H and O–H groups in total. The molecule has 1 aliphatic rings. The molecule has 4 heteroatoms. The Hall–Kier alpha value is -1.55. The number of carbonyl (C=O) groups excluding carboxylic acids is 1. The van der Waals surface area contributed by atoms with Gasteiger partial charge < -0.3 is 15.4 Å². The molecule has 1 aromatic carbocycles. The minimum atomic E-state index is -0.0344. The van der Waals surface area contributed by atoms with E-state index in [4.69, 9.17) is 4.74 Å². The van der Waals surface area contributed by atoms with E-state index in [-0.39, 0.29) is 18.6 Å². The van der Waals surface area contributed by atoms with E-state index < -0.39 is 0 Å². The highest BCUT2D eigenvalue weighted by Crippen LogP contribution is 2.18. The Morgan fingerprint density at radius 2 is 2.11 bits per heavy atom. The van der Waals surface area contributed by atoms with E-state index in [1.165, 1.54) is 0 Å². The van der Waals surface area contributed by atoms with Gasteiger partial charge in [-0.25, -0.2) is 0 Å². The number of hydrogen-bond acceptors (Lipinski definition) is 3. The summed E-state index contributed by atoms with van der Waals surface area (Å²) in [4.78, 5) is 11.8. The van der Waals surface area contributed by atoms with E-state index in [0.717, 1.165) is 42.8 Å². The average molecular weight is 262 g/mol. The first-order valence-corrected chi connectivity index (χ1v) is 6.85. The van der Waals surface area contributed by atoms with Gasteiger partial charge in [-0.05, 0) is 57.0 Å². The van der Waals surface area contributed by atoms with E-state index >= 15 is 0 Å². The molecule has 19 heavy (non-hydrogen) atoms. The van der Waals surface area contributed by atoms with Crippen LogP contribution in [0, 0.1) is 13.8 Å². The summed E-state index contributed by atoms with van der Waals surface area (Å²) in [5.74, 6) is 0.758. The first-order chi connectivity index (χ1) is 9.15. The van der Waals surface area contributed by atoms with Crippen LogP contribution in [0.2, 0.25) is 0 Å². The van der Waals surface area contributed by atoms with Crippen molar-refractivity contribution < 1.29 is 9.53 Å². The molecule has 0 radical (unpaired) electrons. The van der Waals surface area contributed by atoms with Crippen molar-refractivity contribution in [2.45, 2.75) is 32.7 Å². The fourth-order valence-corrected chi connectivity index (χ4v) is 2.24. The highest BCUT2D eigenvalue weighted by molar-refractivity contribution is 5.77. The molecular formula is C15H22N2O2. The van der Waals surface area contributed by atoms with Gasteiger partial charge in [0.15, 0.2) is 6.61 Å². The van der Waals surface area contributed by atoms with E-state index in [1.54, 1.807) is 0 Å². The van der Waals surface area contributed by atoms with Crippen molar-refractivity contribution >= 4 is 5.91 Å². The van der Waals surface area contributed by atoms with Crippen LogP contribution in [0.15, 0.2) is 18.2 Å². The molecule has 1 heterocycles. The fraction of sp³-hybridized carbons (Fsp3) is 0.533. The predicted octanol–water partition coefficient (Wildman–Crippen LogP) is 1.55. The van der Waals surface area contributed by atoms with Crippen molar-refractivity contribution in [3.63, 3.8) is 0 Å². The lowest BCUT2D eigenvalue weighted by Crippen LogP contribution is -2.44. The molecule has 0 atom stereocenters. The number of amides is 1. The van der Waals surface area contributed by atoms with Gasteiger partial charge in [-0.1, -0.05) is 12.1 Å². The Labute approximate surface area is 114 Å². The smallest absolute Gasteiger partial charge is 0.258 e.